The third-order valence-electron chi connectivity index (χ3n) is 1.19. The molecular formula is C5H11NO4S. The van der Waals surface area contributed by atoms with Crippen LogP contribution in [-0.4, -0.2) is 33.2 Å². The Labute approximate surface area is 70.5 Å². The van der Waals surface area contributed by atoms with E-state index in [4.69, 9.17) is 0 Å². The van der Waals surface area contributed by atoms with Crippen LogP contribution in [0.1, 0.15) is 0 Å². The van der Waals surface area contributed by atoms with E-state index in [0.29, 0.717) is 0 Å². The first kappa shape index (κ1) is 10.7. The van der Waals surface area contributed by atoms with E-state index in [-0.39, 0.29) is 0 Å². The molecular weight excluding hydrogens is 170 g/mol. The number of thiol groups is 1. The van der Waals surface area contributed by atoms with E-state index in [1.165, 1.54) is 21.3 Å². The molecule has 11 heavy (non-hydrogen) atoms. The van der Waals surface area contributed by atoms with Crippen LogP contribution in [0, 0.1) is 0 Å². The average Bonchev–Trinajstić information content (AvgIpc) is 2.08. The van der Waals surface area contributed by atoms with E-state index in [9.17, 15) is 4.79 Å². The van der Waals surface area contributed by atoms with Crippen LogP contribution >= 0.6 is 12.8 Å². The highest BCUT2D eigenvalue weighted by molar-refractivity contribution is 7.78. The van der Waals surface area contributed by atoms with Gasteiger partial charge in [-0.2, -0.15) is 0 Å². The molecule has 0 unspecified atom stereocenters. The second kappa shape index (κ2) is 4.55. The maximum absolute atomic E-state index is 11.0. The molecule has 0 atom stereocenters. The normalized spacial score (nSPS) is 11.3. The molecule has 1 amide bonds. The first-order valence-corrected chi connectivity index (χ1v) is 3.21. The van der Waals surface area contributed by atoms with Crippen molar-refractivity contribution in [3.05, 3.63) is 0 Å². The Morgan fingerprint density at radius 1 is 1.27 bits per heavy atom. The van der Waals surface area contributed by atoms with Gasteiger partial charge in [-0.25, -0.2) is 0 Å². The lowest BCUT2D eigenvalue weighted by atomic mass is 10.5. The predicted octanol–water partition coefficient (Wildman–Crippen LogP) is -0.460. The Morgan fingerprint density at radius 3 is 1.73 bits per heavy atom. The quantitative estimate of drug-likeness (QED) is 0.455. The Balaban J connectivity index is 4.39. The number of hydrogen-bond donors (Lipinski definition) is 2. The van der Waals surface area contributed by atoms with Crippen molar-refractivity contribution in [3.63, 3.8) is 0 Å². The Morgan fingerprint density at radius 2 is 1.64 bits per heavy atom. The topological polar surface area (TPSA) is 56.8 Å². The van der Waals surface area contributed by atoms with Crippen LogP contribution in [0.15, 0.2) is 0 Å². The molecule has 0 rings (SSSR count). The van der Waals surface area contributed by atoms with Gasteiger partial charge in [-0.3, -0.25) is 9.52 Å². The summed E-state index contributed by atoms with van der Waals surface area (Å²) < 4.78 is 16.1. The molecule has 66 valence electrons. The first-order valence-electron chi connectivity index (χ1n) is 2.76. The van der Waals surface area contributed by atoms with Crippen molar-refractivity contribution in [3.8, 4) is 0 Å². The van der Waals surface area contributed by atoms with Crippen molar-refractivity contribution in [1.29, 1.82) is 0 Å². The van der Waals surface area contributed by atoms with Gasteiger partial charge in [-0.05, 0) is 0 Å². The molecule has 0 saturated heterocycles. The smallest absolute Gasteiger partial charge is 0.323 e. The molecule has 5 nitrogen and oxygen atoms in total. The Hall–Kier alpha value is -0.300. The molecule has 1 N–H and O–H groups in total. The highest BCUT2D eigenvalue weighted by Gasteiger charge is 2.39. The summed E-state index contributed by atoms with van der Waals surface area (Å²) in [6.45, 7) is 0. The third-order valence-corrected chi connectivity index (χ3v) is 1.39. The lowest BCUT2D eigenvalue weighted by Gasteiger charge is -2.25. The summed E-state index contributed by atoms with van der Waals surface area (Å²) in [5, 5.41) is 0. The molecule has 0 aromatic rings. The second-order valence-electron chi connectivity index (χ2n) is 1.61. The summed E-state index contributed by atoms with van der Waals surface area (Å²) in [5.41, 5.74) is 0. The molecule has 0 aromatic carbocycles. The van der Waals surface area contributed by atoms with Crippen LogP contribution < -0.4 is 4.72 Å². The van der Waals surface area contributed by atoms with Crippen LogP contribution in [0.2, 0.25) is 0 Å². The molecule has 0 saturated carbocycles. The lowest BCUT2D eigenvalue weighted by molar-refractivity contribution is -0.325. The van der Waals surface area contributed by atoms with Gasteiger partial charge < -0.3 is 14.2 Å². The van der Waals surface area contributed by atoms with Gasteiger partial charge in [0, 0.05) is 21.3 Å². The van der Waals surface area contributed by atoms with E-state index in [1.807, 2.05) is 4.72 Å². The number of hydrogen-bond acceptors (Lipinski definition) is 5. The second-order valence-corrected chi connectivity index (χ2v) is 1.83. The van der Waals surface area contributed by atoms with Gasteiger partial charge in [0.1, 0.15) is 0 Å². The molecule has 0 bridgehead atoms. The summed E-state index contributed by atoms with van der Waals surface area (Å²) in [5.74, 6) is -2.31. The van der Waals surface area contributed by atoms with Crippen LogP contribution in [0.5, 0.6) is 0 Å². The van der Waals surface area contributed by atoms with Gasteiger partial charge in [0.15, 0.2) is 0 Å². The fourth-order valence-electron chi connectivity index (χ4n) is 0.597. The van der Waals surface area contributed by atoms with Crippen LogP contribution in [0.25, 0.3) is 0 Å². The minimum atomic E-state index is -1.69. The highest BCUT2D eigenvalue weighted by Crippen LogP contribution is 2.11. The molecule has 0 aliphatic heterocycles. The summed E-state index contributed by atoms with van der Waals surface area (Å²) >= 11 is 3.53. The van der Waals surface area contributed by atoms with Crippen molar-refractivity contribution in [2.75, 3.05) is 21.3 Å². The molecule has 0 aliphatic carbocycles. The number of methoxy groups -OCH3 is 3. The van der Waals surface area contributed by atoms with Gasteiger partial charge in [0.2, 0.25) is 0 Å². The van der Waals surface area contributed by atoms with Crippen molar-refractivity contribution in [2.24, 2.45) is 0 Å². The molecule has 0 spiro atoms. The van der Waals surface area contributed by atoms with Gasteiger partial charge in [0.05, 0.1) is 0 Å². The Bertz CT molecular complexity index is 128. The van der Waals surface area contributed by atoms with Crippen molar-refractivity contribution < 1.29 is 19.0 Å². The summed E-state index contributed by atoms with van der Waals surface area (Å²) in [7, 11) is 3.86. The van der Waals surface area contributed by atoms with E-state index in [2.05, 4.69) is 27.0 Å². The number of carbonyl (C=O) groups excluding carboxylic acids is 1. The number of amides is 1. The van der Waals surface area contributed by atoms with Gasteiger partial charge in [0.25, 0.3) is 0 Å². The fraction of sp³-hybridized carbons (Fsp3) is 0.800. The minimum absolute atomic E-state index is 0.617. The van der Waals surface area contributed by atoms with E-state index >= 15 is 0 Å². The van der Waals surface area contributed by atoms with Crippen molar-refractivity contribution in [2.45, 2.75) is 5.97 Å². The maximum Gasteiger partial charge on any atom is 0.367 e. The predicted molar refractivity (Wildman–Crippen MR) is 40.9 cm³/mol. The van der Waals surface area contributed by atoms with Crippen LogP contribution in [0.4, 0.5) is 0 Å². The number of rotatable bonds is 4. The van der Waals surface area contributed by atoms with Crippen LogP contribution in [0.3, 0.4) is 0 Å². The molecule has 0 heterocycles. The fourth-order valence-corrected chi connectivity index (χ4v) is 0.733. The monoisotopic (exact) mass is 181 g/mol. The molecule has 0 fully saturated rings. The zero-order valence-electron chi connectivity index (χ0n) is 6.58. The van der Waals surface area contributed by atoms with Crippen molar-refractivity contribution >= 4 is 18.7 Å². The molecule has 0 radical (unpaired) electrons. The number of nitrogens with one attached hydrogen (secondary N) is 1. The maximum atomic E-state index is 11.0. The van der Waals surface area contributed by atoms with Crippen LogP contribution in [-0.2, 0) is 19.0 Å². The molecule has 0 aromatic heterocycles. The molecule has 6 heteroatoms. The summed E-state index contributed by atoms with van der Waals surface area (Å²) in [4.78, 5) is 11.0. The van der Waals surface area contributed by atoms with Gasteiger partial charge in [-0.1, -0.05) is 12.8 Å². The summed E-state index contributed by atoms with van der Waals surface area (Å²) in [6.07, 6.45) is 0. The largest absolute Gasteiger partial charge is 0.367 e. The van der Waals surface area contributed by atoms with E-state index in [1.54, 1.807) is 0 Å². The zero-order valence-corrected chi connectivity index (χ0v) is 7.47. The number of carbonyl (C=O) groups is 1. The zero-order chi connectivity index (χ0) is 8.91. The SMILES string of the molecule is COC(OC)(OC)C(=O)NS. The van der Waals surface area contributed by atoms with Gasteiger partial charge >= 0.3 is 11.9 Å². The van der Waals surface area contributed by atoms with Crippen molar-refractivity contribution in [1.82, 2.24) is 4.72 Å². The lowest BCUT2D eigenvalue weighted by Crippen LogP contribution is -2.48. The van der Waals surface area contributed by atoms with E-state index in [0.717, 1.165) is 0 Å². The Kier molecular flexibility index (Phi) is 4.43. The molecule has 0 aliphatic rings. The van der Waals surface area contributed by atoms with Gasteiger partial charge in [-0.15, -0.1) is 0 Å². The minimum Gasteiger partial charge on any atom is -0.323 e. The number of ether oxygens (including phenoxy) is 3. The highest BCUT2D eigenvalue weighted by atomic mass is 32.1. The summed E-state index contributed by atoms with van der Waals surface area (Å²) in [6, 6.07) is 0. The first-order chi connectivity index (χ1) is 5.16. The average molecular weight is 181 g/mol. The third kappa shape index (κ3) is 2.06. The standard InChI is InChI=1S/C5H11NO4S/c1-8-5(9-2,10-3)4(7)6-11/h11H,1-3H3,(H,6,7). The van der Waals surface area contributed by atoms with E-state index < -0.39 is 11.9 Å².